The lowest BCUT2D eigenvalue weighted by molar-refractivity contribution is 0.131. The van der Waals surface area contributed by atoms with Crippen LogP contribution in [0.5, 0.6) is 17.2 Å². The summed E-state index contributed by atoms with van der Waals surface area (Å²) < 4.78 is 15.9. The molecule has 0 fully saturated rings. The van der Waals surface area contributed by atoms with Crippen molar-refractivity contribution in [2.45, 2.75) is 32.4 Å². The molecule has 0 saturated carbocycles. The van der Waals surface area contributed by atoms with E-state index in [0.717, 1.165) is 6.42 Å². The Balaban J connectivity index is 3.17. The number of ether oxygens (including phenoxy) is 3. The Morgan fingerprint density at radius 1 is 1.05 bits per heavy atom. The van der Waals surface area contributed by atoms with Crippen molar-refractivity contribution in [3.8, 4) is 17.2 Å². The first-order valence-corrected chi connectivity index (χ1v) is 6.68. The molecule has 1 aromatic carbocycles. The van der Waals surface area contributed by atoms with Crippen LogP contribution >= 0.6 is 0 Å². The van der Waals surface area contributed by atoms with E-state index in [0.29, 0.717) is 28.7 Å². The van der Waals surface area contributed by atoms with Crippen LogP contribution in [-0.4, -0.2) is 32.5 Å². The summed E-state index contributed by atoms with van der Waals surface area (Å²) in [6.07, 6.45) is -0.0919. The maximum Gasteiger partial charge on any atom is 0.203 e. The Morgan fingerprint density at radius 3 is 2.10 bits per heavy atom. The summed E-state index contributed by atoms with van der Waals surface area (Å²) in [6, 6.07) is 3.13. The predicted octanol–water partition coefficient (Wildman–Crippen LogP) is 2.12. The van der Waals surface area contributed by atoms with Gasteiger partial charge in [-0.2, -0.15) is 0 Å². The molecule has 0 bridgehead atoms. The van der Waals surface area contributed by atoms with Crippen molar-refractivity contribution < 1.29 is 19.3 Å². The van der Waals surface area contributed by atoms with Crippen molar-refractivity contribution in [3.63, 3.8) is 0 Å². The number of hydrogen-bond donors (Lipinski definition) is 2. The molecule has 0 aliphatic carbocycles. The second-order valence-electron chi connectivity index (χ2n) is 5.16. The van der Waals surface area contributed by atoms with Gasteiger partial charge >= 0.3 is 0 Å². The van der Waals surface area contributed by atoms with E-state index >= 15 is 0 Å². The number of aliphatic hydroxyl groups excluding tert-OH is 1. The SMILES string of the molecule is COc1ccc(C(O)C(N)CC(C)C)c(OC)c1OC. The maximum atomic E-state index is 10.4. The molecule has 1 aromatic rings. The highest BCUT2D eigenvalue weighted by molar-refractivity contribution is 5.56. The Labute approximate surface area is 120 Å². The minimum absolute atomic E-state index is 0.359. The smallest absolute Gasteiger partial charge is 0.203 e. The third-order valence-electron chi connectivity index (χ3n) is 3.20. The molecule has 0 amide bonds. The van der Waals surface area contributed by atoms with E-state index in [1.165, 1.54) is 14.2 Å². The molecule has 2 unspecified atom stereocenters. The molecule has 3 N–H and O–H groups in total. The monoisotopic (exact) mass is 283 g/mol. The van der Waals surface area contributed by atoms with Crippen molar-refractivity contribution in [3.05, 3.63) is 17.7 Å². The van der Waals surface area contributed by atoms with Gasteiger partial charge in [0.25, 0.3) is 0 Å². The standard InChI is InChI=1S/C15H25NO4/c1-9(2)8-11(16)13(17)10-6-7-12(18-3)15(20-5)14(10)19-4/h6-7,9,11,13,17H,8,16H2,1-5H3. The third-order valence-corrected chi connectivity index (χ3v) is 3.20. The van der Waals surface area contributed by atoms with E-state index in [4.69, 9.17) is 19.9 Å². The van der Waals surface area contributed by atoms with Crippen molar-refractivity contribution in [2.24, 2.45) is 11.7 Å². The molecule has 0 aliphatic heterocycles. The quantitative estimate of drug-likeness (QED) is 0.802. The second-order valence-corrected chi connectivity index (χ2v) is 5.16. The molecule has 114 valence electrons. The first-order valence-electron chi connectivity index (χ1n) is 6.68. The van der Waals surface area contributed by atoms with Crippen molar-refractivity contribution >= 4 is 0 Å². The second kappa shape index (κ2) is 7.36. The van der Waals surface area contributed by atoms with Gasteiger partial charge in [0.15, 0.2) is 11.5 Å². The van der Waals surface area contributed by atoms with Crippen molar-refractivity contribution in [1.29, 1.82) is 0 Å². The van der Waals surface area contributed by atoms with Crippen LogP contribution in [0, 0.1) is 5.92 Å². The minimum atomic E-state index is -0.813. The summed E-state index contributed by atoms with van der Waals surface area (Å²) in [7, 11) is 4.62. The molecule has 0 saturated heterocycles. The van der Waals surface area contributed by atoms with Crippen LogP contribution in [0.25, 0.3) is 0 Å². The van der Waals surface area contributed by atoms with E-state index in [2.05, 4.69) is 13.8 Å². The molecule has 0 heterocycles. The van der Waals surface area contributed by atoms with Crippen LogP contribution in [0.1, 0.15) is 31.9 Å². The number of benzene rings is 1. The summed E-state index contributed by atoms with van der Waals surface area (Å²) >= 11 is 0. The van der Waals surface area contributed by atoms with Crippen molar-refractivity contribution in [1.82, 2.24) is 0 Å². The van der Waals surface area contributed by atoms with Gasteiger partial charge in [-0.15, -0.1) is 0 Å². The van der Waals surface area contributed by atoms with Gasteiger partial charge in [-0.1, -0.05) is 13.8 Å². The Hall–Kier alpha value is -1.46. The van der Waals surface area contributed by atoms with Crippen LogP contribution in [0.4, 0.5) is 0 Å². The first kappa shape index (κ1) is 16.6. The molecule has 5 heteroatoms. The molecule has 0 radical (unpaired) electrons. The van der Waals surface area contributed by atoms with Gasteiger partial charge < -0.3 is 25.1 Å². The predicted molar refractivity (Wildman–Crippen MR) is 78.5 cm³/mol. The molecule has 0 spiro atoms. The number of aliphatic hydroxyl groups is 1. The normalized spacial score (nSPS) is 14.0. The summed E-state index contributed by atoms with van der Waals surface area (Å²) in [5.41, 5.74) is 6.67. The highest BCUT2D eigenvalue weighted by atomic mass is 16.5. The van der Waals surface area contributed by atoms with Gasteiger partial charge in [-0.3, -0.25) is 0 Å². The first-order chi connectivity index (χ1) is 9.46. The van der Waals surface area contributed by atoms with E-state index in [-0.39, 0.29) is 6.04 Å². The molecule has 0 aliphatic rings. The Morgan fingerprint density at radius 2 is 1.65 bits per heavy atom. The molecule has 0 aromatic heterocycles. The van der Waals surface area contributed by atoms with Crippen LogP contribution in [0.3, 0.4) is 0 Å². The lowest BCUT2D eigenvalue weighted by Gasteiger charge is -2.24. The van der Waals surface area contributed by atoms with E-state index in [9.17, 15) is 5.11 Å². The average molecular weight is 283 g/mol. The van der Waals surface area contributed by atoms with E-state index in [1.807, 2.05) is 0 Å². The number of hydrogen-bond acceptors (Lipinski definition) is 5. The van der Waals surface area contributed by atoms with Gasteiger partial charge in [-0.05, 0) is 24.5 Å². The van der Waals surface area contributed by atoms with Gasteiger partial charge in [0, 0.05) is 11.6 Å². The zero-order chi connectivity index (χ0) is 15.3. The Bertz CT molecular complexity index is 434. The maximum absolute atomic E-state index is 10.4. The van der Waals surface area contributed by atoms with Gasteiger partial charge in [0.1, 0.15) is 0 Å². The summed E-state index contributed by atoms with van der Waals surface area (Å²) in [6.45, 7) is 4.14. The van der Waals surface area contributed by atoms with Crippen molar-refractivity contribution in [2.75, 3.05) is 21.3 Å². The fourth-order valence-electron chi connectivity index (χ4n) is 2.26. The van der Waals surface area contributed by atoms with E-state index < -0.39 is 6.10 Å². The minimum Gasteiger partial charge on any atom is -0.493 e. The number of nitrogens with two attached hydrogens (primary N) is 1. The highest BCUT2D eigenvalue weighted by Gasteiger charge is 2.25. The lowest BCUT2D eigenvalue weighted by atomic mass is 9.94. The molecule has 20 heavy (non-hydrogen) atoms. The summed E-state index contributed by atoms with van der Waals surface area (Å²) in [5, 5.41) is 10.4. The average Bonchev–Trinajstić information content (AvgIpc) is 2.43. The fourth-order valence-corrected chi connectivity index (χ4v) is 2.26. The zero-order valence-electron chi connectivity index (χ0n) is 12.8. The molecule has 1 rings (SSSR count). The van der Waals surface area contributed by atoms with E-state index in [1.54, 1.807) is 19.2 Å². The van der Waals surface area contributed by atoms with Crippen LogP contribution in [-0.2, 0) is 0 Å². The molecule has 2 atom stereocenters. The van der Waals surface area contributed by atoms with Gasteiger partial charge in [0.05, 0.1) is 27.4 Å². The molecular formula is C15H25NO4. The summed E-state index contributed by atoms with van der Waals surface area (Å²) in [5.74, 6) is 1.88. The van der Waals surface area contributed by atoms with Crippen LogP contribution in [0.2, 0.25) is 0 Å². The highest BCUT2D eigenvalue weighted by Crippen LogP contribution is 2.42. The fraction of sp³-hybridized carbons (Fsp3) is 0.600. The Kier molecular flexibility index (Phi) is 6.10. The zero-order valence-corrected chi connectivity index (χ0v) is 12.8. The van der Waals surface area contributed by atoms with Crippen LogP contribution in [0.15, 0.2) is 12.1 Å². The van der Waals surface area contributed by atoms with Gasteiger partial charge in [0.2, 0.25) is 5.75 Å². The largest absolute Gasteiger partial charge is 0.493 e. The van der Waals surface area contributed by atoms with Crippen LogP contribution < -0.4 is 19.9 Å². The lowest BCUT2D eigenvalue weighted by Crippen LogP contribution is -2.30. The van der Waals surface area contributed by atoms with Gasteiger partial charge in [-0.25, -0.2) is 0 Å². The molecule has 5 nitrogen and oxygen atoms in total. The summed E-state index contributed by atoms with van der Waals surface area (Å²) in [4.78, 5) is 0. The molecular weight excluding hydrogens is 258 g/mol. The third kappa shape index (κ3) is 3.55. The topological polar surface area (TPSA) is 73.9 Å². The number of rotatable bonds is 7. The number of methoxy groups -OCH3 is 3.